The lowest BCUT2D eigenvalue weighted by atomic mass is 10.4. The van der Waals surface area contributed by atoms with Gasteiger partial charge in [0.15, 0.2) is 0 Å². The summed E-state index contributed by atoms with van der Waals surface area (Å²) in [7, 11) is 0. The van der Waals surface area contributed by atoms with E-state index >= 15 is 0 Å². The molecule has 72 valence electrons. The molecule has 0 atom stereocenters. The Balaban J connectivity index is 2.14. The number of hydrogen-bond acceptors (Lipinski definition) is 5. The van der Waals surface area contributed by atoms with Crippen LogP contribution < -0.4 is 0 Å². The second-order valence-corrected chi connectivity index (χ2v) is 2.64. The van der Waals surface area contributed by atoms with E-state index in [-0.39, 0.29) is 5.69 Å². The molecule has 2 heterocycles. The standard InChI is InChI=1S/C7H6N4O3/c12-11(13)7-3-8-10(5-7)4-6-1-2-14-9-6/h1-3,5H,4H2. The molecule has 0 radical (unpaired) electrons. The van der Waals surface area contributed by atoms with Crippen molar-refractivity contribution in [3.63, 3.8) is 0 Å². The predicted octanol–water partition coefficient (Wildman–Crippen LogP) is 0.828. The molecule has 0 saturated heterocycles. The second kappa shape index (κ2) is 3.29. The average Bonchev–Trinajstić information content (AvgIpc) is 2.75. The zero-order valence-electron chi connectivity index (χ0n) is 7.03. The molecule has 0 aliphatic heterocycles. The molecule has 0 amide bonds. The third kappa shape index (κ3) is 1.60. The highest BCUT2D eigenvalue weighted by Gasteiger charge is 2.09. The average molecular weight is 194 g/mol. The lowest BCUT2D eigenvalue weighted by molar-refractivity contribution is -0.385. The normalized spacial score (nSPS) is 10.3. The summed E-state index contributed by atoms with van der Waals surface area (Å²) >= 11 is 0. The summed E-state index contributed by atoms with van der Waals surface area (Å²) in [5.74, 6) is 0. The summed E-state index contributed by atoms with van der Waals surface area (Å²) in [4.78, 5) is 9.84. The Kier molecular flexibility index (Phi) is 1.98. The van der Waals surface area contributed by atoms with E-state index in [4.69, 9.17) is 0 Å². The second-order valence-electron chi connectivity index (χ2n) is 2.64. The molecule has 2 aromatic rings. The van der Waals surface area contributed by atoms with Crippen molar-refractivity contribution in [1.29, 1.82) is 0 Å². The van der Waals surface area contributed by atoms with Crippen LogP contribution >= 0.6 is 0 Å². The van der Waals surface area contributed by atoms with E-state index in [9.17, 15) is 10.1 Å². The number of aromatic nitrogens is 3. The highest BCUT2D eigenvalue weighted by atomic mass is 16.6. The van der Waals surface area contributed by atoms with Gasteiger partial charge in [-0.2, -0.15) is 5.10 Å². The molecule has 0 aliphatic carbocycles. The van der Waals surface area contributed by atoms with E-state index in [1.165, 1.54) is 23.3 Å². The lowest BCUT2D eigenvalue weighted by Crippen LogP contribution is -1.99. The van der Waals surface area contributed by atoms with Crippen LogP contribution in [0.1, 0.15) is 5.69 Å². The smallest absolute Gasteiger partial charge is 0.307 e. The van der Waals surface area contributed by atoms with Crippen molar-refractivity contribution in [2.75, 3.05) is 0 Å². The molecule has 0 N–H and O–H groups in total. The van der Waals surface area contributed by atoms with Gasteiger partial charge in [-0.25, -0.2) is 0 Å². The summed E-state index contributed by atoms with van der Waals surface area (Å²) in [5.41, 5.74) is 0.636. The van der Waals surface area contributed by atoms with Crippen LogP contribution in [0.2, 0.25) is 0 Å². The molecule has 0 spiro atoms. The summed E-state index contributed by atoms with van der Waals surface area (Å²) in [6.07, 6.45) is 3.97. The maximum atomic E-state index is 10.3. The molecular formula is C7H6N4O3. The SMILES string of the molecule is O=[N+]([O-])c1cnn(Cc2ccon2)c1. The summed E-state index contributed by atoms with van der Waals surface area (Å²) in [5, 5.41) is 17.8. The van der Waals surface area contributed by atoms with Gasteiger partial charge in [-0.1, -0.05) is 5.16 Å². The maximum Gasteiger partial charge on any atom is 0.307 e. The minimum atomic E-state index is -0.494. The first-order valence-corrected chi connectivity index (χ1v) is 3.82. The fraction of sp³-hybridized carbons (Fsp3) is 0.143. The van der Waals surface area contributed by atoms with Crippen LogP contribution in [0.3, 0.4) is 0 Å². The van der Waals surface area contributed by atoms with E-state index in [1.54, 1.807) is 6.07 Å². The van der Waals surface area contributed by atoms with Gasteiger partial charge in [0.05, 0.1) is 11.5 Å². The minimum absolute atomic E-state index is 0.0338. The molecular weight excluding hydrogens is 188 g/mol. The molecule has 2 rings (SSSR count). The third-order valence-electron chi connectivity index (χ3n) is 1.65. The first-order chi connectivity index (χ1) is 6.75. The van der Waals surface area contributed by atoms with Crippen LogP contribution in [0.25, 0.3) is 0 Å². The molecule has 14 heavy (non-hydrogen) atoms. The van der Waals surface area contributed by atoms with Crippen LogP contribution in [0.4, 0.5) is 5.69 Å². The molecule has 0 unspecified atom stereocenters. The molecule has 0 bridgehead atoms. The fourth-order valence-electron chi connectivity index (χ4n) is 1.02. The molecule has 0 aliphatic rings. The van der Waals surface area contributed by atoms with Gasteiger partial charge in [-0.05, 0) is 0 Å². The minimum Gasteiger partial charge on any atom is -0.364 e. The monoisotopic (exact) mass is 194 g/mol. The van der Waals surface area contributed by atoms with Crippen molar-refractivity contribution in [2.24, 2.45) is 0 Å². The third-order valence-corrected chi connectivity index (χ3v) is 1.65. The van der Waals surface area contributed by atoms with Crippen molar-refractivity contribution in [2.45, 2.75) is 6.54 Å². The Morgan fingerprint density at radius 3 is 3.07 bits per heavy atom. The maximum absolute atomic E-state index is 10.3. The fourth-order valence-corrected chi connectivity index (χ4v) is 1.02. The van der Waals surface area contributed by atoms with Gasteiger partial charge in [0, 0.05) is 6.07 Å². The van der Waals surface area contributed by atoms with Gasteiger partial charge in [-0.15, -0.1) is 0 Å². The predicted molar refractivity (Wildman–Crippen MR) is 44.5 cm³/mol. The Bertz CT molecular complexity index is 433. The molecule has 7 heteroatoms. The van der Waals surface area contributed by atoms with Crippen LogP contribution in [0, 0.1) is 10.1 Å². The van der Waals surface area contributed by atoms with Crippen molar-refractivity contribution >= 4 is 5.69 Å². The summed E-state index contributed by atoms with van der Waals surface area (Å²) < 4.78 is 6.04. The lowest BCUT2D eigenvalue weighted by Gasteiger charge is -1.93. The zero-order valence-corrected chi connectivity index (χ0v) is 7.03. The first kappa shape index (κ1) is 8.42. The van der Waals surface area contributed by atoms with E-state index in [1.807, 2.05) is 0 Å². The first-order valence-electron chi connectivity index (χ1n) is 3.82. The van der Waals surface area contributed by atoms with Crippen LogP contribution in [-0.2, 0) is 6.54 Å². The van der Waals surface area contributed by atoms with Crippen molar-refractivity contribution in [3.05, 3.63) is 40.5 Å². The Morgan fingerprint density at radius 1 is 1.64 bits per heavy atom. The van der Waals surface area contributed by atoms with Gasteiger partial charge >= 0.3 is 5.69 Å². The molecule has 0 aromatic carbocycles. The van der Waals surface area contributed by atoms with Crippen LogP contribution in [-0.4, -0.2) is 19.9 Å². The Labute approximate surface area is 78.1 Å². The van der Waals surface area contributed by atoms with E-state index in [2.05, 4.69) is 14.8 Å². The van der Waals surface area contributed by atoms with E-state index in [0.29, 0.717) is 12.2 Å². The quantitative estimate of drug-likeness (QED) is 0.533. The Morgan fingerprint density at radius 2 is 2.50 bits per heavy atom. The molecule has 0 fully saturated rings. The number of nitro groups is 1. The van der Waals surface area contributed by atoms with E-state index < -0.39 is 4.92 Å². The molecule has 7 nitrogen and oxygen atoms in total. The van der Waals surface area contributed by atoms with Gasteiger partial charge < -0.3 is 4.52 Å². The summed E-state index contributed by atoms with van der Waals surface area (Å²) in [6.45, 7) is 0.365. The topological polar surface area (TPSA) is 87.0 Å². The Hall–Kier alpha value is -2.18. The number of nitrogens with zero attached hydrogens (tertiary/aromatic N) is 4. The van der Waals surface area contributed by atoms with Gasteiger partial charge in [-0.3, -0.25) is 14.8 Å². The van der Waals surface area contributed by atoms with Gasteiger partial charge in [0.2, 0.25) is 0 Å². The number of rotatable bonds is 3. The highest BCUT2D eigenvalue weighted by molar-refractivity contribution is 5.21. The van der Waals surface area contributed by atoms with Crippen LogP contribution in [0.5, 0.6) is 0 Å². The van der Waals surface area contributed by atoms with Crippen molar-refractivity contribution < 1.29 is 9.45 Å². The van der Waals surface area contributed by atoms with E-state index in [0.717, 1.165) is 0 Å². The van der Waals surface area contributed by atoms with Gasteiger partial charge in [0.25, 0.3) is 0 Å². The molecule has 2 aromatic heterocycles. The van der Waals surface area contributed by atoms with Crippen molar-refractivity contribution in [3.8, 4) is 0 Å². The molecule has 0 saturated carbocycles. The van der Waals surface area contributed by atoms with Crippen LogP contribution in [0.15, 0.2) is 29.2 Å². The summed E-state index contributed by atoms with van der Waals surface area (Å²) in [6, 6.07) is 1.67. The zero-order chi connectivity index (χ0) is 9.97. The largest absolute Gasteiger partial charge is 0.364 e. The number of hydrogen-bond donors (Lipinski definition) is 0. The highest BCUT2D eigenvalue weighted by Crippen LogP contribution is 2.08. The van der Waals surface area contributed by atoms with Crippen molar-refractivity contribution in [1.82, 2.24) is 14.9 Å². The van der Waals surface area contributed by atoms with Gasteiger partial charge in [0.1, 0.15) is 24.4 Å².